The molecule has 1 saturated carbocycles. The molecule has 6 heteroatoms. The highest BCUT2D eigenvalue weighted by molar-refractivity contribution is 5.78. The summed E-state index contributed by atoms with van der Waals surface area (Å²) in [4.78, 5) is 26.6. The number of hydrogen-bond donors (Lipinski definition) is 0. The van der Waals surface area contributed by atoms with Gasteiger partial charge in [-0.3, -0.25) is 4.79 Å². The van der Waals surface area contributed by atoms with Gasteiger partial charge in [0.25, 0.3) is 0 Å². The molecule has 1 atom stereocenters. The molecule has 0 N–H and O–H groups in total. The third kappa shape index (κ3) is 4.47. The van der Waals surface area contributed by atoms with Crippen molar-refractivity contribution >= 4 is 11.9 Å². The molecule has 1 aliphatic heterocycles. The van der Waals surface area contributed by atoms with Crippen molar-refractivity contribution < 1.29 is 9.18 Å². The highest BCUT2D eigenvalue weighted by Gasteiger charge is 2.33. The van der Waals surface area contributed by atoms with Gasteiger partial charge >= 0.3 is 0 Å². The Labute approximate surface area is 178 Å². The Hall–Kier alpha value is -2.50. The van der Waals surface area contributed by atoms with Crippen molar-refractivity contribution in [2.24, 2.45) is 5.92 Å². The van der Waals surface area contributed by atoms with E-state index in [0.29, 0.717) is 18.3 Å². The maximum atomic E-state index is 13.5. The van der Waals surface area contributed by atoms with Crippen molar-refractivity contribution in [3.05, 3.63) is 42.0 Å². The number of aromatic nitrogens is 2. The molecule has 1 aromatic heterocycles. The zero-order chi connectivity index (χ0) is 21.1. The molecule has 4 rings (SSSR count). The van der Waals surface area contributed by atoms with Crippen molar-refractivity contribution in [1.82, 2.24) is 14.9 Å². The molecular formula is C24H31FN4O. The van der Waals surface area contributed by atoms with Crippen molar-refractivity contribution in [1.29, 1.82) is 0 Å². The molecule has 2 aliphatic rings. The summed E-state index contributed by atoms with van der Waals surface area (Å²) in [6, 6.07) is 6.39. The average molecular weight is 411 g/mol. The summed E-state index contributed by atoms with van der Waals surface area (Å²) in [5.74, 6) is 1.14. The quantitative estimate of drug-likeness (QED) is 0.697. The van der Waals surface area contributed by atoms with Gasteiger partial charge in [0.2, 0.25) is 11.9 Å². The zero-order valence-electron chi connectivity index (χ0n) is 18.0. The third-order valence-corrected chi connectivity index (χ3v) is 6.44. The monoisotopic (exact) mass is 410 g/mol. The maximum Gasteiger partial charge on any atom is 0.225 e. The normalized spacial score (nSPS) is 19.8. The molecule has 2 heterocycles. The number of nitrogens with zero attached hydrogens (tertiary/aromatic N) is 4. The van der Waals surface area contributed by atoms with Crippen molar-refractivity contribution in [2.75, 3.05) is 25.5 Å². The molecule has 1 aliphatic carbocycles. The zero-order valence-corrected chi connectivity index (χ0v) is 18.0. The summed E-state index contributed by atoms with van der Waals surface area (Å²) in [6.45, 7) is 0.778. The molecule has 5 nitrogen and oxygen atoms in total. The van der Waals surface area contributed by atoms with Crippen molar-refractivity contribution in [3.63, 3.8) is 0 Å². The van der Waals surface area contributed by atoms with Crippen LogP contribution in [0.5, 0.6) is 0 Å². The van der Waals surface area contributed by atoms with E-state index in [1.807, 2.05) is 25.2 Å². The summed E-state index contributed by atoms with van der Waals surface area (Å²) in [7, 11) is 3.83. The summed E-state index contributed by atoms with van der Waals surface area (Å²) >= 11 is 0. The highest BCUT2D eigenvalue weighted by Crippen LogP contribution is 2.38. The van der Waals surface area contributed by atoms with Crippen LogP contribution in [0, 0.1) is 11.7 Å². The van der Waals surface area contributed by atoms with E-state index in [1.165, 1.54) is 37.8 Å². The topological polar surface area (TPSA) is 49.3 Å². The fourth-order valence-electron chi connectivity index (χ4n) is 4.80. The summed E-state index contributed by atoms with van der Waals surface area (Å²) in [5.41, 5.74) is 2.64. The molecule has 2 fully saturated rings. The minimum Gasteiger partial charge on any atom is -0.347 e. The molecule has 1 aromatic carbocycles. The van der Waals surface area contributed by atoms with Crippen LogP contribution in [-0.2, 0) is 4.79 Å². The van der Waals surface area contributed by atoms with Gasteiger partial charge < -0.3 is 9.80 Å². The van der Waals surface area contributed by atoms with E-state index < -0.39 is 0 Å². The standard InChI is InChI=1S/C24H31FN4O/c1-28(2)24-26-16-20(18-10-12-19(25)13-11-18)23(27-24)21-9-5-6-14-29(21)22(30)15-17-7-3-4-8-17/h10-13,16-17,21H,3-9,14-15H2,1-2H3. The molecule has 160 valence electrons. The van der Waals surface area contributed by atoms with E-state index in [4.69, 9.17) is 4.98 Å². The van der Waals surface area contributed by atoms with E-state index in [1.54, 1.807) is 12.1 Å². The summed E-state index contributed by atoms with van der Waals surface area (Å²) in [5, 5.41) is 0. The average Bonchev–Trinajstić information content (AvgIpc) is 3.27. The predicted octanol–water partition coefficient (Wildman–Crippen LogP) is 4.98. The molecule has 0 spiro atoms. The number of halogens is 1. The van der Waals surface area contributed by atoms with Crippen molar-refractivity contribution in [2.45, 2.75) is 57.4 Å². The predicted molar refractivity (Wildman–Crippen MR) is 117 cm³/mol. The van der Waals surface area contributed by atoms with E-state index in [0.717, 1.165) is 42.6 Å². The van der Waals surface area contributed by atoms with Gasteiger partial charge in [-0.25, -0.2) is 14.4 Å². The smallest absolute Gasteiger partial charge is 0.225 e. The maximum absolute atomic E-state index is 13.5. The summed E-state index contributed by atoms with van der Waals surface area (Å²) < 4.78 is 13.5. The number of benzene rings is 1. The number of anilines is 1. The van der Waals surface area contributed by atoms with Gasteiger partial charge in [0.05, 0.1) is 11.7 Å². The molecule has 1 unspecified atom stereocenters. The second-order valence-corrected chi connectivity index (χ2v) is 8.82. The fraction of sp³-hybridized carbons (Fsp3) is 0.542. The Balaban J connectivity index is 1.70. The van der Waals surface area contributed by atoms with Crippen LogP contribution in [0.25, 0.3) is 11.1 Å². The Kier molecular flexibility index (Phi) is 6.30. The first-order valence-corrected chi connectivity index (χ1v) is 11.1. The SMILES string of the molecule is CN(C)c1ncc(-c2ccc(F)cc2)c(C2CCCCN2C(=O)CC2CCCC2)n1. The number of amides is 1. The van der Waals surface area contributed by atoms with Crippen LogP contribution in [0.3, 0.4) is 0 Å². The van der Waals surface area contributed by atoms with Gasteiger partial charge in [0.15, 0.2) is 0 Å². The van der Waals surface area contributed by atoms with Gasteiger partial charge in [-0.1, -0.05) is 25.0 Å². The first kappa shape index (κ1) is 20.8. The number of piperidine rings is 1. The van der Waals surface area contributed by atoms with Crippen LogP contribution in [0.2, 0.25) is 0 Å². The lowest BCUT2D eigenvalue weighted by Crippen LogP contribution is -2.40. The second kappa shape index (κ2) is 9.11. The largest absolute Gasteiger partial charge is 0.347 e. The lowest BCUT2D eigenvalue weighted by Gasteiger charge is -2.37. The Morgan fingerprint density at radius 3 is 2.50 bits per heavy atom. The molecular weight excluding hydrogens is 379 g/mol. The van der Waals surface area contributed by atoms with Crippen molar-refractivity contribution in [3.8, 4) is 11.1 Å². The van der Waals surface area contributed by atoms with Crippen LogP contribution in [-0.4, -0.2) is 41.4 Å². The van der Waals surface area contributed by atoms with E-state index in [9.17, 15) is 9.18 Å². The Morgan fingerprint density at radius 1 is 1.10 bits per heavy atom. The fourth-order valence-corrected chi connectivity index (χ4v) is 4.80. The second-order valence-electron chi connectivity index (χ2n) is 8.82. The van der Waals surface area contributed by atoms with Gasteiger partial charge in [0, 0.05) is 38.8 Å². The minimum absolute atomic E-state index is 0.0607. The summed E-state index contributed by atoms with van der Waals surface area (Å²) in [6.07, 6.45) is 10.3. The van der Waals surface area contributed by atoms with Gasteiger partial charge in [0.1, 0.15) is 5.82 Å². The molecule has 2 aromatic rings. The number of likely N-dealkylation sites (tertiary alicyclic amines) is 1. The first-order valence-electron chi connectivity index (χ1n) is 11.1. The number of hydrogen-bond acceptors (Lipinski definition) is 4. The highest BCUT2D eigenvalue weighted by atomic mass is 19.1. The third-order valence-electron chi connectivity index (χ3n) is 6.44. The van der Waals surface area contributed by atoms with Crippen LogP contribution >= 0.6 is 0 Å². The van der Waals surface area contributed by atoms with E-state index in [-0.39, 0.29) is 17.8 Å². The van der Waals surface area contributed by atoms with Crippen LogP contribution in [0.1, 0.15) is 63.1 Å². The molecule has 1 amide bonds. The van der Waals surface area contributed by atoms with Gasteiger partial charge in [-0.05, 0) is 55.7 Å². The Morgan fingerprint density at radius 2 is 1.80 bits per heavy atom. The molecule has 30 heavy (non-hydrogen) atoms. The minimum atomic E-state index is -0.267. The van der Waals surface area contributed by atoms with E-state index in [2.05, 4.69) is 9.88 Å². The number of carbonyl (C=O) groups excluding carboxylic acids is 1. The van der Waals surface area contributed by atoms with Crippen LogP contribution in [0.4, 0.5) is 10.3 Å². The molecule has 1 saturated heterocycles. The first-order chi connectivity index (χ1) is 14.5. The lowest BCUT2D eigenvalue weighted by molar-refractivity contribution is -0.136. The van der Waals surface area contributed by atoms with Crippen LogP contribution in [0.15, 0.2) is 30.5 Å². The number of carbonyl (C=O) groups is 1. The lowest BCUT2D eigenvalue weighted by atomic mass is 9.92. The molecule has 0 radical (unpaired) electrons. The Bertz CT molecular complexity index is 877. The van der Waals surface area contributed by atoms with E-state index >= 15 is 0 Å². The van der Waals surface area contributed by atoms with Gasteiger partial charge in [-0.2, -0.15) is 0 Å². The number of rotatable bonds is 5. The van der Waals surface area contributed by atoms with Crippen LogP contribution < -0.4 is 4.90 Å². The molecule has 0 bridgehead atoms. The van der Waals surface area contributed by atoms with Gasteiger partial charge in [-0.15, -0.1) is 0 Å².